The molecule has 0 radical (unpaired) electrons. The third kappa shape index (κ3) is 5.17. The minimum atomic E-state index is -6.39. The van der Waals surface area contributed by atoms with Crippen LogP contribution in [0.25, 0.3) is 5.70 Å². The first-order valence-electron chi connectivity index (χ1n) is 8.73. The summed E-state index contributed by atoms with van der Waals surface area (Å²) in [7, 11) is 1.10. The number of ketones is 1. The molecular formula is C20H12Cl3F7NO3+. The van der Waals surface area contributed by atoms with E-state index < -0.39 is 50.9 Å². The average Bonchev–Trinajstić information content (AvgIpc) is 2.70. The van der Waals surface area contributed by atoms with Crippen LogP contribution in [0.15, 0.2) is 36.4 Å². The molecule has 0 amide bonds. The molecule has 0 saturated carbocycles. The third-order valence-electron chi connectivity index (χ3n) is 4.52. The van der Waals surface area contributed by atoms with E-state index in [0.717, 1.165) is 13.2 Å². The van der Waals surface area contributed by atoms with Crippen LogP contribution in [0.5, 0.6) is 0 Å². The molecule has 0 spiro atoms. The van der Waals surface area contributed by atoms with Crippen LogP contribution >= 0.6 is 34.8 Å². The number of allylic oxidation sites excluding steroid dienone is 1. The first-order chi connectivity index (χ1) is 15.5. The summed E-state index contributed by atoms with van der Waals surface area (Å²) in [6.07, 6.45) is -12.0. The number of quaternary nitrogens is 1. The minimum absolute atomic E-state index is 0.0237. The summed E-state index contributed by atoms with van der Waals surface area (Å²) < 4.78 is 96.9. The Kier molecular flexibility index (Phi) is 7.98. The van der Waals surface area contributed by atoms with Crippen LogP contribution in [-0.4, -0.2) is 31.2 Å². The van der Waals surface area contributed by atoms with Gasteiger partial charge in [-0.1, -0.05) is 34.8 Å². The maximum Gasteiger partial charge on any atom is 0.435 e. The average molecular weight is 554 g/mol. The molecule has 0 atom stereocenters. The van der Waals surface area contributed by atoms with E-state index in [4.69, 9.17) is 34.8 Å². The summed E-state index contributed by atoms with van der Waals surface area (Å²) in [5.74, 6) is -1.86. The van der Waals surface area contributed by atoms with Crippen molar-refractivity contribution in [1.29, 1.82) is 0 Å². The molecule has 0 saturated heterocycles. The number of esters is 1. The molecule has 4 nitrogen and oxygen atoms in total. The highest BCUT2D eigenvalue weighted by atomic mass is 35.5. The van der Waals surface area contributed by atoms with Crippen LogP contribution in [-0.2, 0) is 10.4 Å². The summed E-state index contributed by atoms with van der Waals surface area (Å²) in [6.45, 7) is 0. The van der Waals surface area contributed by atoms with Gasteiger partial charge in [0.15, 0.2) is 5.78 Å². The summed E-state index contributed by atoms with van der Waals surface area (Å²) in [4.78, 5) is 24.4. The summed E-state index contributed by atoms with van der Waals surface area (Å²) >= 11 is 17.4. The van der Waals surface area contributed by atoms with Crippen molar-refractivity contribution < 1.29 is 50.8 Å². The number of ether oxygens (including phenoxy) is 1. The molecule has 0 aliphatic heterocycles. The van der Waals surface area contributed by atoms with Crippen LogP contribution in [0.3, 0.4) is 0 Å². The molecule has 184 valence electrons. The second-order valence-electron chi connectivity index (χ2n) is 6.69. The highest BCUT2D eigenvalue weighted by Crippen LogP contribution is 2.54. The summed E-state index contributed by atoms with van der Waals surface area (Å²) in [6, 6.07) is 3.95. The zero-order chi connectivity index (χ0) is 26.2. The molecule has 0 aliphatic carbocycles. The Morgan fingerprint density at radius 3 is 1.82 bits per heavy atom. The Morgan fingerprint density at radius 1 is 0.882 bits per heavy atom. The van der Waals surface area contributed by atoms with Crippen molar-refractivity contribution in [1.82, 2.24) is 0 Å². The summed E-state index contributed by atoms with van der Waals surface area (Å²) in [5, 5.41) is -1.89. The Hall–Kier alpha value is -2.34. The first kappa shape index (κ1) is 27.9. The number of rotatable bonds is 5. The molecule has 3 N–H and O–H groups in total. The molecule has 0 bridgehead atoms. The highest BCUT2D eigenvalue weighted by Gasteiger charge is 2.73. The maximum absolute atomic E-state index is 14.3. The van der Waals surface area contributed by atoms with E-state index in [9.17, 15) is 40.3 Å². The maximum atomic E-state index is 14.3. The van der Waals surface area contributed by atoms with Gasteiger partial charge in [-0.2, -0.15) is 26.3 Å². The number of alkyl halides is 7. The molecular weight excluding hydrogens is 542 g/mol. The number of hydrogen-bond acceptors (Lipinski definition) is 3. The van der Waals surface area contributed by atoms with Crippen molar-refractivity contribution in [2.45, 2.75) is 18.0 Å². The van der Waals surface area contributed by atoms with Crippen molar-refractivity contribution in [2.24, 2.45) is 0 Å². The van der Waals surface area contributed by atoms with Crippen LogP contribution in [0.2, 0.25) is 15.1 Å². The number of benzene rings is 2. The van der Waals surface area contributed by atoms with Gasteiger partial charge in [0.25, 0.3) is 0 Å². The van der Waals surface area contributed by atoms with E-state index in [1.807, 2.05) is 0 Å². The Bertz CT molecular complexity index is 1140. The van der Waals surface area contributed by atoms with Crippen LogP contribution < -0.4 is 5.73 Å². The lowest BCUT2D eigenvalue weighted by Crippen LogP contribution is -2.50. The topological polar surface area (TPSA) is 71.0 Å². The normalized spacial score (nSPS) is 13.1. The molecule has 2 aromatic carbocycles. The SMILES string of the molecule is COC(=O)c1cc(C([NH3+])=CC(=O)c2c(Cl)cc(C(F)(C(F)(F)F)C(F)(F)F)cc2Cl)ccc1Cl. The minimum Gasteiger partial charge on any atom is -0.465 e. The molecule has 0 aromatic heterocycles. The molecule has 14 heteroatoms. The number of carbonyl (C=O) groups is 2. The Balaban J connectivity index is 2.55. The van der Waals surface area contributed by atoms with E-state index in [0.29, 0.717) is 0 Å². The first-order valence-corrected chi connectivity index (χ1v) is 9.87. The lowest BCUT2D eigenvalue weighted by atomic mass is 9.92. The van der Waals surface area contributed by atoms with Crippen LogP contribution in [0, 0.1) is 0 Å². The smallest absolute Gasteiger partial charge is 0.435 e. The van der Waals surface area contributed by atoms with Crippen molar-refractivity contribution >= 4 is 52.3 Å². The monoisotopic (exact) mass is 552 g/mol. The van der Waals surface area contributed by atoms with Gasteiger partial charge in [0.05, 0.1) is 33.3 Å². The number of halogens is 10. The standard InChI is InChI=1S/C20H11Cl3F7NO3/c1-34-17(33)10-4-8(2-3-11(10)21)14(31)7-15(32)16-12(22)5-9(6-13(16)23)18(24,19(25,26)27)20(28,29)30/h2-7H,31H2,1H3/p+1. The van der Waals surface area contributed by atoms with Gasteiger partial charge in [0.2, 0.25) is 0 Å². The van der Waals surface area contributed by atoms with Gasteiger partial charge in [-0.25, -0.2) is 9.18 Å². The van der Waals surface area contributed by atoms with E-state index in [1.165, 1.54) is 18.2 Å². The Labute approximate surface area is 202 Å². The van der Waals surface area contributed by atoms with E-state index in [1.54, 1.807) is 0 Å². The van der Waals surface area contributed by atoms with Crippen molar-refractivity contribution in [3.63, 3.8) is 0 Å². The fourth-order valence-corrected chi connectivity index (χ4v) is 3.67. The van der Waals surface area contributed by atoms with Gasteiger partial charge < -0.3 is 10.5 Å². The van der Waals surface area contributed by atoms with Crippen LogP contribution in [0.1, 0.15) is 31.8 Å². The zero-order valence-corrected chi connectivity index (χ0v) is 18.9. The van der Waals surface area contributed by atoms with Crippen molar-refractivity contribution in [2.75, 3.05) is 7.11 Å². The number of carbonyl (C=O) groups excluding carboxylic acids is 2. The van der Waals surface area contributed by atoms with Gasteiger partial charge in [-0.15, -0.1) is 0 Å². The second-order valence-corrected chi connectivity index (χ2v) is 7.91. The second kappa shape index (κ2) is 9.73. The van der Waals surface area contributed by atoms with Crippen molar-refractivity contribution in [3.8, 4) is 0 Å². The molecule has 34 heavy (non-hydrogen) atoms. The predicted molar refractivity (Wildman–Crippen MR) is 109 cm³/mol. The lowest BCUT2D eigenvalue weighted by molar-refractivity contribution is -0.348. The molecule has 0 aliphatic rings. The number of methoxy groups -OCH3 is 1. The molecule has 0 heterocycles. The third-order valence-corrected chi connectivity index (χ3v) is 5.44. The van der Waals surface area contributed by atoms with Gasteiger partial charge >= 0.3 is 24.0 Å². The highest BCUT2D eigenvalue weighted by molar-refractivity contribution is 6.41. The van der Waals surface area contributed by atoms with E-state index >= 15 is 0 Å². The lowest BCUT2D eigenvalue weighted by Gasteiger charge is -2.30. The fourth-order valence-electron chi connectivity index (χ4n) is 2.80. The molecule has 2 rings (SSSR count). The fraction of sp³-hybridized carbons (Fsp3) is 0.200. The van der Waals surface area contributed by atoms with Gasteiger partial charge in [0.1, 0.15) is 5.70 Å². The van der Waals surface area contributed by atoms with E-state index in [2.05, 4.69) is 10.5 Å². The Morgan fingerprint density at radius 2 is 1.38 bits per heavy atom. The number of hydrogen-bond donors (Lipinski definition) is 1. The predicted octanol–water partition coefficient (Wildman–Crippen LogP) is 6.19. The van der Waals surface area contributed by atoms with E-state index in [-0.39, 0.29) is 34.0 Å². The zero-order valence-electron chi connectivity index (χ0n) is 16.7. The molecule has 0 fully saturated rings. The summed E-state index contributed by atoms with van der Waals surface area (Å²) in [5.41, 5.74) is -4.73. The largest absolute Gasteiger partial charge is 0.465 e. The van der Waals surface area contributed by atoms with Gasteiger partial charge in [-0.05, 0) is 30.3 Å². The molecule has 0 unspecified atom stereocenters. The van der Waals surface area contributed by atoms with Crippen LogP contribution in [0.4, 0.5) is 30.7 Å². The van der Waals surface area contributed by atoms with Gasteiger partial charge in [-0.3, -0.25) is 4.79 Å². The quantitative estimate of drug-likeness (QED) is 0.208. The van der Waals surface area contributed by atoms with Crippen molar-refractivity contribution in [3.05, 3.63) is 73.7 Å². The molecule has 2 aromatic rings. The van der Waals surface area contributed by atoms with Gasteiger partial charge in [0, 0.05) is 17.2 Å².